The van der Waals surface area contributed by atoms with E-state index in [1.165, 1.54) is 0 Å². The largest absolute Gasteiger partial charge is 0.463 e. The Bertz CT molecular complexity index is 271. The predicted octanol–water partition coefficient (Wildman–Crippen LogP) is 0.937. The number of anilines is 1. The first-order valence-corrected chi connectivity index (χ1v) is 4.58. The lowest BCUT2D eigenvalue weighted by atomic mass is 10.3. The first-order valence-electron chi connectivity index (χ1n) is 4.58. The minimum absolute atomic E-state index is 0.0236. The van der Waals surface area contributed by atoms with E-state index < -0.39 is 0 Å². The van der Waals surface area contributed by atoms with Gasteiger partial charge in [-0.15, -0.1) is 0 Å². The molecule has 3 N–H and O–H groups in total. The zero-order valence-corrected chi connectivity index (χ0v) is 8.16. The van der Waals surface area contributed by atoms with E-state index in [1.807, 2.05) is 0 Å². The monoisotopic (exact) mass is 196 g/mol. The Kier molecular flexibility index (Phi) is 3.90. The van der Waals surface area contributed by atoms with Crippen molar-refractivity contribution in [3.63, 3.8) is 0 Å². The van der Waals surface area contributed by atoms with Crippen LogP contribution < -0.4 is 16.2 Å². The van der Waals surface area contributed by atoms with Crippen LogP contribution in [0.4, 0.5) is 11.9 Å². The fourth-order valence-corrected chi connectivity index (χ4v) is 0.952. The molecule has 1 radical (unpaired) electrons. The van der Waals surface area contributed by atoms with Crippen LogP contribution in [0.1, 0.15) is 26.2 Å². The molecule has 0 unspecified atom stereocenters. The zero-order chi connectivity index (χ0) is 10.4. The zero-order valence-electron chi connectivity index (χ0n) is 8.16. The molecule has 0 aromatic carbocycles. The lowest BCUT2D eigenvalue weighted by molar-refractivity contribution is 0.282. The molecule has 6 heteroatoms. The van der Waals surface area contributed by atoms with Crippen LogP contribution in [0.5, 0.6) is 6.01 Å². The van der Waals surface area contributed by atoms with Crippen LogP contribution in [-0.2, 0) is 0 Å². The van der Waals surface area contributed by atoms with Crippen LogP contribution >= 0.6 is 0 Å². The second kappa shape index (κ2) is 5.21. The highest BCUT2D eigenvalue weighted by molar-refractivity contribution is 5.25. The van der Waals surface area contributed by atoms with Crippen molar-refractivity contribution in [1.82, 2.24) is 20.7 Å². The van der Waals surface area contributed by atoms with Gasteiger partial charge in [0.05, 0.1) is 6.61 Å². The van der Waals surface area contributed by atoms with E-state index in [0.717, 1.165) is 19.3 Å². The molecular weight excluding hydrogens is 182 g/mol. The number of nitrogen functional groups attached to an aromatic ring is 1. The Labute approximate surface area is 82.7 Å². The summed E-state index contributed by atoms with van der Waals surface area (Å²) in [4.78, 5) is 10.9. The molecule has 0 saturated carbocycles. The number of hydrogen-bond donors (Lipinski definition) is 1. The molecule has 6 nitrogen and oxygen atoms in total. The van der Waals surface area contributed by atoms with Crippen LogP contribution in [0.2, 0.25) is 0 Å². The minimum Gasteiger partial charge on any atom is -0.463 e. The maximum atomic E-state index is 7.17. The molecule has 14 heavy (non-hydrogen) atoms. The van der Waals surface area contributed by atoms with Crippen molar-refractivity contribution in [2.45, 2.75) is 26.2 Å². The molecular formula is C8H14N5O. The van der Waals surface area contributed by atoms with Crippen molar-refractivity contribution in [3.05, 3.63) is 0 Å². The molecule has 0 bridgehead atoms. The van der Waals surface area contributed by atoms with Gasteiger partial charge in [-0.25, -0.2) is 0 Å². The third-order valence-corrected chi connectivity index (χ3v) is 1.61. The van der Waals surface area contributed by atoms with Gasteiger partial charge in [-0.2, -0.15) is 15.0 Å². The molecule has 0 saturated heterocycles. The van der Waals surface area contributed by atoms with E-state index >= 15 is 0 Å². The second-order valence-corrected chi connectivity index (χ2v) is 2.86. The Hall–Kier alpha value is -1.59. The van der Waals surface area contributed by atoms with Crippen molar-refractivity contribution < 1.29 is 4.74 Å². The Balaban J connectivity index is 2.42. The molecule has 0 aliphatic rings. The SMILES string of the molecule is CCCCCOc1nc([NH])nc(N)n1. The number of unbranched alkanes of at least 4 members (excludes halogenated alkanes) is 2. The molecule has 77 valence electrons. The number of nitrogens with two attached hydrogens (primary N) is 1. The molecule has 0 spiro atoms. The van der Waals surface area contributed by atoms with E-state index in [2.05, 4.69) is 21.9 Å². The van der Waals surface area contributed by atoms with Crippen LogP contribution in [0.3, 0.4) is 0 Å². The molecule has 0 aliphatic heterocycles. The van der Waals surface area contributed by atoms with Gasteiger partial charge in [0.1, 0.15) is 0 Å². The number of ether oxygens (including phenoxy) is 1. The third kappa shape index (κ3) is 3.42. The lowest BCUT2D eigenvalue weighted by Crippen LogP contribution is -2.05. The summed E-state index contributed by atoms with van der Waals surface area (Å²) in [6, 6.07) is 0.138. The molecule has 0 atom stereocenters. The number of aromatic nitrogens is 3. The highest BCUT2D eigenvalue weighted by Crippen LogP contribution is 2.07. The van der Waals surface area contributed by atoms with Gasteiger partial charge in [-0.3, -0.25) is 5.73 Å². The summed E-state index contributed by atoms with van der Waals surface area (Å²) in [6.45, 7) is 2.67. The summed E-state index contributed by atoms with van der Waals surface area (Å²) in [5.41, 5.74) is 12.5. The predicted molar refractivity (Wildman–Crippen MR) is 52.0 cm³/mol. The second-order valence-electron chi connectivity index (χ2n) is 2.86. The summed E-state index contributed by atoms with van der Waals surface area (Å²) in [6.07, 6.45) is 3.19. The van der Waals surface area contributed by atoms with Gasteiger partial charge in [-0.05, 0) is 6.42 Å². The molecule has 0 amide bonds. The number of hydrogen-bond acceptors (Lipinski definition) is 5. The number of nitrogens with one attached hydrogen (secondary N) is 1. The van der Waals surface area contributed by atoms with Crippen LogP contribution in [0.15, 0.2) is 0 Å². The first-order chi connectivity index (χ1) is 6.72. The summed E-state index contributed by atoms with van der Waals surface area (Å²) >= 11 is 0. The molecule has 0 fully saturated rings. The van der Waals surface area contributed by atoms with Gasteiger partial charge in [0, 0.05) is 0 Å². The van der Waals surface area contributed by atoms with Crippen molar-refractivity contribution in [2.75, 3.05) is 12.3 Å². The van der Waals surface area contributed by atoms with Crippen LogP contribution in [0.25, 0.3) is 0 Å². The van der Waals surface area contributed by atoms with E-state index in [1.54, 1.807) is 0 Å². The third-order valence-electron chi connectivity index (χ3n) is 1.61. The average molecular weight is 196 g/mol. The number of rotatable bonds is 5. The summed E-state index contributed by atoms with van der Waals surface area (Å²) < 4.78 is 5.21. The summed E-state index contributed by atoms with van der Waals surface area (Å²) in [5.74, 6) is -0.140. The molecule has 1 rings (SSSR count). The maximum absolute atomic E-state index is 7.17. The molecule has 1 aromatic rings. The fraction of sp³-hybridized carbons (Fsp3) is 0.625. The topological polar surface area (TPSA) is 97.7 Å². The van der Waals surface area contributed by atoms with Crippen molar-refractivity contribution in [2.24, 2.45) is 0 Å². The van der Waals surface area contributed by atoms with Crippen LogP contribution in [0, 0.1) is 0 Å². The highest BCUT2D eigenvalue weighted by Gasteiger charge is 2.02. The normalized spacial score (nSPS) is 10.1. The van der Waals surface area contributed by atoms with E-state index in [9.17, 15) is 0 Å². The van der Waals surface area contributed by atoms with Gasteiger partial charge in [0.25, 0.3) is 0 Å². The van der Waals surface area contributed by atoms with Crippen molar-refractivity contribution >= 4 is 11.9 Å². The lowest BCUT2D eigenvalue weighted by Gasteiger charge is -2.03. The first kappa shape index (κ1) is 10.5. The Morgan fingerprint density at radius 2 is 2.07 bits per heavy atom. The quantitative estimate of drug-likeness (QED) is 0.706. The fourth-order valence-electron chi connectivity index (χ4n) is 0.952. The van der Waals surface area contributed by atoms with E-state index in [-0.39, 0.29) is 17.9 Å². The Morgan fingerprint density at radius 3 is 2.71 bits per heavy atom. The average Bonchev–Trinajstić information content (AvgIpc) is 2.11. The molecule has 1 heterocycles. The van der Waals surface area contributed by atoms with Gasteiger partial charge < -0.3 is 10.5 Å². The van der Waals surface area contributed by atoms with E-state index in [4.69, 9.17) is 16.2 Å². The molecule has 0 aliphatic carbocycles. The van der Waals surface area contributed by atoms with Crippen molar-refractivity contribution in [1.29, 1.82) is 0 Å². The smallest absolute Gasteiger partial charge is 0.323 e. The van der Waals surface area contributed by atoms with Crippen LogP contribution in [-0.4, -0.2) is 21.6 Å². The summed E-state index contributed by atoms with van der Waals surface area (Å²) in [5, 5.41) is 0. The highest BCUT2D eigenvalue weighted by atomic mass is 16.5. The Morgan fingerprint density at radius 1 is 1.29 bits per heavy atom. The molecule has 1 aromatic heterocycles. The van der Waals surface area contributed by atoms with E-state index in [0.29, 0.717) is 6.61 Å². The van der Waals surface area contributed by atoms with Gasteiger partial charge in [0.2, 0.25) is 11.9 Å². The standard InChI is InChI=1S/C8H14N5O/c1-2-3-4-5-14-8-12-6(9)11-7(10)13-8/h9H,2-5H2,1H3,(H2,10,11,12,13). The number of nitrogens with zero attached hydrogens (tertiary/aromatic N) is 3. The van der Waals surface area contributed by atoms with Crippen molar-refractivity contribution in [3.8, 4) is 6.01 Å². The van der Waals surface area contributed by atoms with Gasteiger partial charge in [-0.1, -0.05) is 19.8 Å². The summed E-state index contributed by atoms with van der Waals surface area (Å²) in [7, 11) is 0. The van der Waals surface area contributed by atoms with Gasteiger partial charge >= 0.3 is 6.01 Å². The van der Waals surface area contributed by atoms with Gasteiger partial charge in [0.15, 0.2) is 0 Å². The maximum Gasteiger partial charge on any atom is 0.323 e. The minimum atomic E-state index is -0.164.